The molecule has 0 spiro atoms. The number of aromatic carboxylic acids is 2. The molecule has 1 aliphatic rings. The quantitative estimate of drug-likeness (QED) is 0.681. The van der Waals surface area contributed by atoms with E-state index in [4.69, 9.17) is 19.7 Å². The predicted octanol–water partition coefficient (Wildman–Crippen LogP) is 0.572. The van der Waals surface area contributed by atoms with Gasteiger partial charge in [0.2, 0.25) is 0 Å². The molecule has 0 saturated carbocycles. The number of aromatic amines is 1. The second-order valence-corrected chi connectivity index (χ2v) is 3.19. The van der Waals surface area contributed by atoms with Crippen molar-refractivity contribution in [2.24, 2.45) is 0 Å². The highest BCUT2D eigenvalue weighted by Gasteiger charge is 2.29. The van der Waals surface area contributed by atoms with Gasteiger partial charge in [-0.3, -0.25) is 0 Å². The van der Waals surface area contributed by atoms with Gasteiger partial charge >= 0.3 is 11.9 Å². The number of aromatic nitrogens is 1. The summed E-state index contributed by atoms with van der Waals surface area (Å²) in [6, 6.07) is 0. The van der Waals surface area contributed by atoms with E-state index < -0.39 is 11.9 Å². The Morgan fingerprint density at radius 1 is 1.00 bits per heavy atom. The first-order valence-electron chi connectivity index (χ1n) is 4.59. The molecule has 1 aliphatic heterocycles. The van der Waals surface area contributed by atoms with Crippen LogP contribution < -0.4 is 9.47 Å². The molecule has 0 fully saturated rings. The number of hydrogen-bond donors (Lipinski definition) is 3. The highest BCUT2D eigenvalue weighted by Crippen LogP contribution is 2.37. The van der Waals surface area contributed by atoms with Gasteiger partial charge in [0.25, 0.3) is 0 Å². The Bertz CT molecular complexity index is 411. The van der Waals surface area contributed by atoms with E-state index in [1.807, 2.05) is 0 Å². The summed E-state index contributed by atoms with van der Waals surface area (Å²) >= 11 is 0. The monoisotopic (exact) mass is 227 g/mol. The van der Waals surface area contributed by atoms with Crippen LogP contribution in [0.2, 0.25) is 0 Å². The number of carbonyl (C=O) groups is 2. The zero-order valence-corrected chi connectivity index (χ0v) is 8.15. The fourth-order valence-corrected chi connectivity index (χ4v) is 1.45. The molecule has 86 valence electrons. The summed E-state index contributed by atoms with van der Waals surface area (Å²) in [5, 5.41) is 17.7. The van der Waals surface area contributed by atoms with Crippen molar-refractivity contribution in [2.75, 3.05) is 13.2 Å². The van der Waals surface area contributed by atoms with Crippen LogP contribution in [0, 0.1) is 0 Å². The molecule has 2 rings (SSSR count). The molecular weight excluding hydrogens is 218 g/mol. The fourth-order valence-electron chi connectivity index (χ4n) is 1.45. The third kappa shape index (κ3) is 1.56. The summed E-state index contributed by atoms with van der Waals surface area (Å²) in [4.78, 5) is 24.0. The third-order valence-electron chi connectivity index (χ3n) is 2.12. The van der Waals surface area contributed by atoms with Gasteiger partial charge in [-0.15, -0.1) is 0 Å². The Labute approximate surface area is 89.6 Å². The number of ether oxygens (including phenoxy) is 2. The number of carboxylic acids is 2. The normalized spacial score (nSPS) is 14.2. The van der Waals surface area contributed by atoms with Crippen LogP contribution in [0.25, 0.3) is 0 Å². The Morgan fingerprint density at radius 2 is 1.44 bits per heavy atom. The lowest BCUT2D eigenvalue weighted by Gasteiger charge is -2.02. The van der Waals surface area contributed by atoms with E-state index in [0.29, 0.717) is 19.6 Å². The predicted molar refractivity (Wildman–Crippen MR) is 50.3 cm³/mol. The standard InChI is InChI=1S/C9H9NO6/c11-8(12)4-6-7(5(10-4)9(13)14)16-3-1-2-15-6/h10H,1-3H2,(H,11,12)(H,13,14). The van der Waals surface area contributed by atoms with Gasteiger partial charge in [-0.05, 0) is 0 Å². The molecule has 16 heavy (non-hydrogen) atoms. The van der Waals surface area contributed by atoms with Gasteiger partial charge in [-0.2, -0.15) is 0 Å². The average Bonchev–Trinajstić information content (AvgIpc) is 2.41. The third-order valence-corrected chi connectivity index (χ3v) is 2.12. The molecular formula is C9H9NO6. The van der Waals surface area contributed by atoms with Crippen LogP contribution in [0.4, 0.5) is 0 Å². The lowest BCUT2D eigenvalue weighted by molar-refractivity contribution is 0.0686. The SMILES string of the molecule is O=C(O)c1[nH]c(C(=O)O)c2c1OCCCO2. The van der Waals surface area contributed by atoms with Crippen molar-refractivity contribution in [3.63, 3.8) is 0 Å². The minimum absolute atomic E-state index is 0.0394. The van der Waals surface area contributed by atoms with Crippen molar-refractivity contribution < 1.29 is 29.3 Å². The molecule has 1 aromatic rings. The highest BCUT2D eigenvalue weighted by atomic mass is 16.5. The number of carboxylic acid groups (broad SMARTS) is 2. The van der Waals surface area contributed by atoms with Crippen LogP contribution in [0.1, 0.15) is 27.4 Å². The molecule has 0 aromatic carbocycles. The van der Waals surface area contributed by atoms with E-state index in [-0.39, 0.29) is 22.9 Å². The van der Waals surface area contributed by atoms with Gasteiger partial charge in [-0.25, -0.2) is 9.59 Å². The number of hydrogen-bond acceptors (Lipinski definition) is 4. The summed E-state index contributed by atoms with van der Waals surface area (Å²) in [7, 11) is 0. The maximum atomic E-state index is 10.9. The zero-order chi connectivity index (χ0) is 11.7. The minimum atomic E-state index is -1.28. The molecule has 0 aliphatic carbocycles. The van der Waals surface area contributed by atoms with Crippen molar-refractivity contribution in [2.45, 2.75) is 6.42 Å². The van der Waals surface area contributed by atoms with Crippen molar-refractivity contribution in [1.29, 1.82) is 0 Å². The molecule has 0 amide bonds. The number of nitrogens with one attached hydrogen (secondary N) is 1. The van der Waals surface area contributed by atoms with Crippen LogP contribution in [-0.2, 0) is 0 Å². The molecule has 2 heterocycles. The molecule has 3 N–H and O–H groups in total. The van der Waals surface area contributed by atoms with E-state index in [0.717, 1.165) is 0 Å². The van der Waals surface area contributed by atoms with E-state index in [1.165, 1.54) is 0 Å². The molecule has 0 atom stereocenters. The minimum Gasteiger partial charge on any atom is -0.487 e. The van der Waals surface area contributed by atoms with Crippen LogP contribution in [0.3, 0.4) is 0 Å². The number of H-pyrrole nitrogens is 1. The van der Waals surface area contributed by atoms with Crippen LogP contribution in [0.15, 0.2) is 0 Å². The Balaban J connectivity index is 2.57. The van der Waals surface area contributed by atoms with E-state index in [2.05, 4.69) is 4.98 Å². The molecule has 0 saturated heterocycles. The van der Waals surface area contributed by atoms with Crippen LogP contribution in [-0.4, -0.2) is 40.3 Å². The summed E-state index contributed by atoms with van der Waals surface area (Å²) in [5.74, 6) is -2.65. The van der Waals surface area contributed by atoms with Gasteiger partial charge < -0.3 is 24.7 Å². The van der Waals surface area contributed by atoms with Gasteiger partial charge in [0.15, 0.2) is 22.9 Å². The smallest absolute Gasteiger partial charge is 0.356 e. The first kappa shape index (κ1) is 10.3. The van der Waals surface area contributed by atoms with Gasteiger partial charge in [0.1, 0.15) is 0 Å². The topological polar surface area (TPSA) is 109 Å². The van der Waals surface area contributed by atoms with E-state index in [1.54, 1.807) is 0 Å². The largest absolute Gasteiger partial charge is 0.487 e. The van der Waals surface area contributed by atoms with Crippen molar-refractivity contribution in [1.82, 2.24) is 4.98 Å². The highest BCUT2D eigenvalue weighted by molar-refractivity contribution is 5.97. The molecule has 1 aromatic heterocycles. The molecule has 0 bridgehead atoms. The molecule has 0 radical (unpaired) electrons. The zero-order valence-electron chi connectivity index (χ0n) is 8.15. The van der Waals surface area contributed by atoms with Crippen molar-refractivity contribution in [3.8, 4) is 11.5 Å². The van der Waals surface area contributed by atoms with Crippen LogP contribution in [0.5, 0.6) is 11.5 Å². The number of fused-ring (bicyclic) bond motifs is 1. The lowest BCUT2D eigenvalue weighted by Crippen LogP contribution is -2.05. The summed E-state index contributed by atoms with van der Waals surface area (Å²) in [6.45, 7) is 0.592. The van der Waals surface area contributed by atoms with E-state index >= 15 is 0 Å². The van der Waals surface area contributed by atoms with Gasteiger partial charge in [0, 0.05) is 6.42 Å². The average molecular weight is 227 g/mol. The molecule has 7 heteroatoms. The fraction of sp³-hybridized carbons (Fsp3) is 0.333. The Morgan fingerprint density at radius 3 is 1.81 bits per heavy atom. The van der Waals surface area contributed by atoms with Crippen molar-refractivity contribution in [3.05, 3.63) is 11.4 Å². The summed E-state index contributed by atoms with van der Waals surface area (Å²) < 4.78 is 10.3. The maximum Gasteiger partial charge on any atom is 0.356 e. The Hall–Kier alpha value is -2.18. The second-order valence-electron chi connectivity index (χ2n) is 3.19. The Kier molecular flexibility index (Phi) is 2.43. The first-order chi connectivity index (χ1) is 7.61. The lowest BCUT2D eigenvalue weighted by atomic mass is 10.3. The van der Waals surface area contributed by atoms with E-state index in [9.17, 15) is 9.59 Å². The molecule has 0 unspecified atom stereocenters. The first-order valence-corrected chi connectivity index (χ1v) is 4.59. The summed E-state index contributed by atoms with van der Waals surface area (Å²) in [5.41, 5.74) is -0.594. The van der Waals surface area contributed by atoms with Crippen LogP contribution >= 0.6 is 0 Å². The van der Waals surface area contributed by atoms with Crippen molar-refractivity contribution >= 4 is 11.9 Å². The van der Waals surface area contributed by atoms with Gasteiger partial charge in [0.05, 0.1) is 13.2 Å². The maximum absolute atomic E-state index is 10.9. The summed E-state index contributed by atoms with van der Waals surface area (Å²) in [6.07, 6.45) is 0.576. The number of rotatable bonds is 2. The van der Waals surface area contributed by atoms with Gasteiger partial charge in [-0.1, -0.05) is 0 Å². The molecule has 7 nitrogen and oxygen atoms in total. The second kappa shape index (κ2) is 3.76.